The van der Waals surface area contributed by atoms with Gasteiger partial charge in [0.15, 0.2) is 29.8 Å². The van der Waals surface area contributed by atoms with Crippen LogP contribution in [0.25, 0.3) is 11.3 Å². The Morgan fingerprint density at radius 3 is 2.14 bits per heavy atom. The molecular formula is C44H60F5N5O16. The third-order valence-corrected chi connectivity index (χ3v) is 10.7. The Kier molecular flexibility index (Phi) is 24.1. The third-order valence-electron chi connectivity index (χ3n) is 10.7. The van der Waals surface area contributed by atoms with Gasteiger partial charge in [-0.3, -0.25) is 14.4 Å². The number of nitrogens with zero attached hydrogens (tertiary/aromatic N) is 3. The van der Waals surface area contributed by atoms with E-state index in [9.17, 15) is 66.7 Å². The number of rotatable bonds is 32. The molecule has 2 amide bonds. The van der Waals surface area contributed by atoms with Gasteiger partial charge in [0.2, 0.25) is 17.6 Å². The molecule has 26 heteroatoms. The molecule has 8 atom stereocenters. The van der Waals surface area contributed by atoms with Crippen molar-refractivity contribution in [3.8, 4) is 11.3 Å². The highest BCUT2D eigenvalue weighted by Crippen LogP contribution is 2.38. The van der Waals surface area contributed by atoms with E-state index in [2.05, 4.69) is 25.7 Å². The van der Waals surface area contributed by atoms with Gasteiger partial charge in [-0.2, -0.15) is 4.39 Å². The second kappa shape index (κ2) is 29.3. The molecule has 0 spiro atoms. The molecule has 1 fully saturated rings. The van der Waals surface area contributed by atoms with E-state index in [4.69, 9.17) is 28.4 Å². The van der Waals surface area contributed by atoms with Crippen molar-refractivity contribution in [2.24, 2.45) is 0 Å². The van der Waals surface area contributed by atoms with Gasteiger partial charge < -0.3 is 69.3 Å². The zero-order chi connectivity index (χ0) is 51.2. The summed E-state index contributed by atoms with van der Waals surface area (Å²) in [6.07, 6.45) is -9.75. The van der Waals surface area contributed by atoms with Gasteiger partial charge in [-0.05, 0) is 12.0 Å². The molecule has 21 nitrogen and oxygen atoms in total. The fourth-order valence-corrected chi connectivity index (χ4v) is 6.92. The second-order valence-corrected chi connectivity index (χ2v) is 16.0. The molecule has 2 aromatic rings. The number of hydrogen-bond donors (Lipinski definition) is 7. The third kappa shape index (κ3) is 17.4. The van der Waals surface area contributed by atoms with E-state index in [1.807, 2.05) is 6.92 Å². The highest BCUT2D eigenvalue weighted by Gasteiger charge is 2.56. The van der Waals surface area contributed by atoms with E-state index in [-0.39, 0.29) is 59.3 Å². The van der Waals surface area contributed by atoms with Crippen LogP contribution >= 0.6 is 0 Å². The summed E-state index contributed by atoms with van der Waals surface area (Å²) >= 11 is 0. The SMILES string of the molecule is CCCCCCO[C@]1(C(=O)O)C[C@H](O)[C@@H](NC(=O)CO)[C@H]([C@H](O)[C@H](O)CNC(=O)Cc2ccc(-c3cn(CCOCCOCCOCCOCCC(=O)OC4=C(F)C(F)=C(F)C(F)C4F)nn3)cc2)O1. The van der Waals surface area contributed by atoms with Crippen molar-refractivity contribution < 1.29 is 99.8 Å². The predicted octanol–water partition coefficient (Wildman–Crippen LogP) is 1.35. The molecule has 1 aromatic carbocycles. The Bertz CT molecular complexity index is 2050. The first kappa shape index (κ1) is 57.5. The molecule has 70 heavy (non-hydrogen) atoms. The van der Waals surface area contributed by atoms with Crippen molar-refractivity contribution in [3.63, 3.8) is 0 Å². The Morgan fingerprint density at radius 2 is 1.51 bits per heavy atom. The molecule has 1 saturated heterocycles. The summed E-state index contributed by atoms with van der Waals surface area (Å²) in [5, 5.41) is 65.4. The minimum atomic E-state index is -3.13. The van der Waals surface area contributed by atoms with Crippen LogP contribution in [0.15, 0.2) is 53.7 Å². The summed E-state index contributed by atoms with van der Waals surface area (Å²) < 4.78 is 106. The number of nitrogens with one attached hydrogen (secondary N) is 2. The quantitative estimate of drug-likeness (QED) is 0.0309. The van der Waals surface area contributed by atoms with E-state index < -0.39 is 122 Å². The lowest BCUT2D eigenvalue weighted by Crippen LogP contribution is -2.68. The van der Waals surface area contributed by atoms with Gasteiger partial charge in [0, 0.05) is 18.5 Å². The molecule has 1 aliphatic heterocycles. The number of aromatic nitrogens is 3. The van der Waals surface area contributed by atoms with Gasteiger partial charge in [-0.15, -0.1) is 5.10 Å². The lowest BCUT2D eigenvalue weighted by Gasteiger charge is -2.46. The summed E-state index contributed by atoms with van der Waals surface area (Å²) in [6.45, 7) is 2.00. The molecule has 2 aliphatic rings. The number of allylic oxidation sites excluding steroid dienone is 4. The van der Waals surface area contributed by atoms with Crippen LogP contribution in [0.4, 0.5) is 22.0 Å². The Labute approximate surface area is 398 Å². The van der Waals surface area contributed by atoms with Crippen molar-refractivity contribution >= 4 is 23.8 Å². The summed E-state index contributed by atoms with van der Waals surface area (Å²) in [4.78, 5) is 49.1. The number of esters is 1. The fourth-order valence-electron chi connectivity index (χ4n) is 6.92. The molecule has 392 valence electrons. The summed E-state index contributed by atoms with van der Waals surface area (Å²) in [7, 11) is 0. The Morgan fingerprint density at radius 1 is 0.871 bits per heavy atom. The number of carbonyl (C=O) groups is 4. The van der Waals surface area contributed by atoms with Gasteiger partial charge in [0.25, 0.3) is 5.79 Å². The van der Waals surface area contributed by atoms with E-state index >= 15 is 0 Å². The van der Waals surface area contributed by atoms with E-state index in [1.165, 1.54) is 0 Å². The maximum absolute atomic E-state index is 13.8. The largest absolute Gasteiger partial charge is 0.477 e. The molecular weight excluding hydrogens is 949 g/mol. The number of amides is 2. The highest BCUT2D eigenvalue weighted by molar-refractivity contribution is 5.79. The van der Waals surface area contributed by atoms with Crippen LogP contribution in [0, 0.1) is 0 Å². The van der Waals surface area contributed by atoms with Crippen molar-refractivity contribution in [2.45, 2.75) is 107 Å². The van der Waals surface area contributed by atoms with Crippen LogP contribution in [-0.4, -0.2) is 185 Å². The summed E-state index contributed by atoms with van der Waals surface area (Å²) in [5.41, 5.74) is 1.85. The molecule has 0 radical (unpaired) electrons. The number of aliphatic carboxylic acids is 1. The topological polar surface area (TPSA) is 289 Å². The fraction of sp³-hybridized carbons (Fsp3) is 0.636. The average Bonchev–Trinajstić information content (AvgIpc) is 3.82. The number of benzene rings is 1. The first-order valence-electron chi connectivity index (χ1n) is 22.5. The van der Waals surface area contributed by atoms with Crippen molar-refractivity contribution in [1.82, 2.24) is 25.6 Å². The molecule has 1 aromatic heterocycles. The number of unbranched alkanes of at least 4 members (excludes halogenated alkanes) is 3. The number of hydrogen-bond acceptors (Lipinski definition) is 17. The van der Waals surface area contributed by atoms with Crippen LogP contribution in [0.3, 0.4) is 0 Å². The Balaban J connectivity index is 1.09. The maximum atomic E-state index is 13.8. The van der Waals surface area contributed by atoms with E-state index in [0.29, 0.717) is 36.4 Å². The number of carbonyl (C=O) groups excluding carboxylic acids is 3. The predicted molar refractivity (Wildman–Crippen MR) is 230 cm³/mol. The van der Waals surface area contributed by atoms with E-state index in [0.717, 1.165) is 19.3 Å². The number of alkyl halides is 2. The molecule has 1 aliphatic carbocycles. The van der Waals surface area contributed by atoms with Crippen LogP contribution < -0.4 is 10.6 Å². The Hall–Kier alpha value is -5.03. The highest BCUT2D eigenvalue weighted by atomic mass is 19.2. The molecule has 0 saturated carbocycles. The second-order valence-electron chi connectivity index (χ2n) is 16.0. The van der Waals surface area contributed by atoms with Crippen molar-refractivity contribution in [1.29, 1.82) is 0 Å². The lowest BCUT2D eigenvalue weighted by atomic mass is 9.88. The minimum Gasteiger partial charge on any atom is -0.477 e. The van der Waals surface area contributed by atoms with Crippen molar-refractivity contribution in [3.05, 3.63) is 59.3 Å². The monoisotopic (exact) mass is 1010 g/mol. The standard InChI is InChI=1S/C44H60F5N5O16/c1-2-3-4-5-12-68-44(43(62)63)22-29(56)39(51-32(59)25-55)42(70-44)40(61)30(57)23-50-31(58)21-26-6-8-27(9-7-26)28-24-54(53-52-28)11-14-65-16-18-67-20-19-66-17-15-64-13-10-33(60)69-41-37(48)35(46)34(45)36(47)38(41)49/h6-9,24,29-30,35,37,39-40,42,55-57,61H,2-5,10-23,25H2,1H3,(H,50,58)(H,51,59)(H,62,63)/t29-,30+,35?,37?,39+,40+,42+,44+/m0/s1. The number of carboxylic acids is 1. The van der Waals surface area contributed by atoms with Gasteiger partial charge in [-0.1, -0.05) is 55.7 Å². The zero-order valence-electron chi connectivity index (χ0n) is 38.3. The minimum absolute atomic E-state index is 0.0354. The van der Waals surface area contributed by atoms with Crippen LogP contribution in [0.1, 0.15) is 51.0 Å². The van der Waals surface area contributed by atoms with Gasteiger partial charge in [0.1, 0.15) is 24.5 Å². The van der Waals surface area contributed by atoms with E-state index in [1.54, 1.807) is 35.1 Å². The lowest BCUT2D eigenvalue weighted by molar-refractivity contribution is -0.310. The van der Waals surface area contributed by atoms with Gasteiger partial charge in [0.05, 0.1) is 103 Å². The van der Waals surface area contributed by atoms with Crippen molar-refractivity contribution in [2.75, 3.05) is 72.6 Å². The first-order chi connectivity index (χ1) is 33.5. The number of ether oxygens (including phenoxy) is 7. The molecule has 2 unspecified atom stereocenters. The first-order valence-corrected chi connectivity index (χ1v) is 22.5. The maximum Gasteiger partial charge on any atom is 0.364 e. The molecule has 4 rings (SSSR count). The summed E-state index contributed by atoms with van der Waals surface area (Å²) in [6, 6.07) is 5.39. The average molecular weight is 1010 g/mol. The van der Waals surface area contributed by atoms with Gasteiger partial charge in [-0.25, -0.2) is 27.0 Å². The number of halogens is 5. The summed E-state index contributed by atoms with van der Waals surface area (Å²) in [5.74, 6) is -15.0. The molecule has 0 bridgehead atoms. The molecule has 7 N–H and O–H groups in total. The molecule has 2 heterocycles. The smallest absolute Gasteiger partial charge is 0.364 e. The van der Waals surface area contributed by atoms with Crippen LogP contribution in [0.5, 0.6) is 0 Å². The number of aliphatic hydroxyl groups is 4. The number of aliphatic hydroxyl groups excluding tert-OH is 4. The number of carboxylic acid groups (broad SMARTS) is 1. The van der Waals surface area contributed by atoms with Crippen LogP contribution in [0.2, 0.25) is 0 Å². The normalized spacial score (nSPS) is 22.5. The zero-order valence-corrected chi connectivity index (χ0v) is 38.3. The van der Waals surface area contributed by atoms with Gasteiger partial charge >= 0.3 is 11.9 Å². The van der Waals surface area contributed by atoms with Crippen LogP contribution in [-0.2, 0) is 65.3 Å².